The molecule has 100 valence electrons. The average molecular weight is 249 g/mol. The van der Waals surface area contributed by atoms with E-state index in [0.29, 0.717) is 19.1 Å². The van der Waals surface area contributed by atoms with Gasteiger partial charge in [0.05, 0.1) is 25.7 Å². The van der Waals surface area contributed by atoms with Crippen LogP contribution >= 0.6 is 0 Å². The molecule has 18 heavy (non-hydrogen) atoms. The van der Waals surface area contributed by atoms with Crippen molar-refractivity contribution < 1.29 is 9.47 Å². The van der Waals surface area contributed by atoms with Gasteiger partial charge in [-0.3, -0.25) is 0 Å². The van der Waals surface area contributed by atoms with E-state index in [-0.39, 0.29) is 11.5 Å². The molecule has 1 heterocycles. The molecule has 0 bridgehead atoms. The molecule has 1 aromatic rings. The molecule has 2 N–H and O–H groups in total. The Balaban J connectivity index is 2.44. The minimum Gasteiger partial charge on any atom is -0.496 e. The van der Waals surface area contributed by atoms with Crippen molar-refractivity contribution in [3.8, 4) is 5.75 Å². The van der Waals surface area contributed by atoms with E-state index >= 15 is 0 Å². The SMILES string of the molecule is COc1cc(C(C)C)ccc1C1(C(C)N)COC1. The summed E-state index contributed by atoms with van der Waals surface area (Å²) in [6, 6.07) is 6.51. The Labute approximate surface area is 109 Å². The second-order valence-electron chi connectivity index (χ2n) is 5.55. The van der Waals surface area contributed by atoms with Gasteiger partial charge in [-0.1, -0.05) is 26.0 Å². The average Bonchev–Trinajstić information content (AvgIpc) is 2.27. The molecule has 0 radical (unpaired) electrons. The van der Waals surface area contributed by atoms with E-state index in [0.717, 1.165) is 5.75 Å². The first-order chi connectivity index (χ1) is 8.51. The molecule has 1 atom stereocenters. The fourth-order valence-electron chi connectivity index (χ4n) is 2.46. The third-order valence-corrected chi connectivity index (χ3v) is 4.02. The first-order valence-electron chi connectivity index (χ1n) is 6.53. The van der Waals surface area contributed by atoms with E-state index in [1.807, 2.05) is 6.92 Å². The lowest BCUT2D eigenvalue weighted by atomic mass is 9.72. The van der Waals surface area contributed by atoms with Crippen molar-refractivity contribution in [1.82, 2.24) is 0 Å². The summed E-state index contributed by atoms with van der Waals surface area (Å²) in [7, 11) is 1.72. The maximum absolute atomic E-state index is 6.15. The van der Waals surface area contributed by atoms with Crippen LogP contribution in [0.15, 0.2) is 18.2 Å². The molecule has 3 nitrogen and oxygen atoms in total. The quantitative estimate of drug-likeness (QED) is 0.891. The van der Waals surface area contributed by atoms with Crippen LogP contribution in [-0.2, 0) is 10.2 Å². The number of benzene rings is 1. The molecule has 1 saturated heterocycles. The van der Waals surface area contributed by atoms with Gasteiger partial charge in [0, 0.05) is 11.6 Å². The fourth-order valence-corrected chi connectivity index (χ4v) is 2.46. The predicted octanol–water partition coefficient (Wildman–Crippen LogP) is 2.43. The Hall–Kier alpha value is -1.06. The van der Waals surface area contributed by atoms with Crippen LogP contribution in [0, 0.1) is 0 Å². The molecule has 1 unspecified atom stereocenters. The summed E-state index contributed by atoms with van der Waals surface area (Å²) in [4.78, 5) is 0. The van der Waals surface area contributed by atoms with Crippen LogP contribution in [0.25, 0.3) is 0 Å². The Morgan fingerprint density at radius 2 is 1.94 bits per heavy atom. The van der Waals surface area contributed by atoms with Crippen molar-refractivity contribution in [2.24, 2.45) is 5.73 Å². The lowest BCUT2D eigenvalue weighted by Gasteiger charge is -2.45. The summed E-state index contributed by atoms with van der Waals surface area (Å²) in [5.74, 6) is 1.43. The molecule has 0 aliphatic carbocycles. The monoisotopic (exact) mass is 249 g/mol. The van der Waals surface area contributed by atoms with Gasteiger partial charge in [-0.25, -0.2) is 0 Å². The van der Waals surface area contributed by atoms with E-state index in [1.165, 1.54) is 11.1 Å². The molecular weight excluding hydrogens is 226 g/mol. The van der Waals surface area contributed by atoms with E-state index in [2.05, 4.69) is 32.0 Å². The standard InChI is InChI=1S/C15H23NO2/c1-10(2)12-5-6-13(14(7-12)17-4)15(11(3)16)8-18-9-15/h5-7,10-11H,8-9,16H2,1-4H3. The first-order valence-corrected chi connectivity index (χ1v) is 6.53. The zero-order valence-electron chi connectivity index (χ0n) is 11.7. The summed E-state index contributed by atoms with van der Waals surface area (Å²) < 4.78 is 11.0. The molecule has 3 heteroatoms. The highest BCUT2D eigenvalue weighted by atomic mass is 16.5. The van der Waals surface area contributed by atoms with E-state index in [1.54, 1.807) is 7.11 Å². The van der Waals surface area contributed by atoms with E-state index < -0.39 is 0 Å². The zero-order chi connectivity index (χ0) is 13.3. The second-order valence-corrected chi connectivity index (χ2v) is 5.55. The van der Waals surface area contributed by atoms with Gasteiger partial charge in [-0.2, -0.15) is 0 Å². The van der Waals surface area contributed by atoms with Crippen LogP contribution in [0.2, 0.25) is 0 Å². The Morgan fingerprint density at radius 3 is 2.33 bits per heavy atom. The molecular formula is C15H23NO2. The van der Waals surface area contributed by atoms with Crippen molar-refractivity contribution in [1.29, 1.82) is 0 Å². The second kappa shape index (κ2) is 4.90. The zero-order valence-corrected chi connectivity index (χ0v) is 11.7. The maximum Gasteiger partial charge on any atom is 0.123 e. The molecule has 1 aliphatic rings. The third kappa shape index (κ3) is 2.02. The van der Waals surface area contributed by atoms with Gasteiger partial charge in [-0.05, 0) is 24.5 Å². The number of nitrogens with two attached hydrogens (primary N) is 1. The van der Waals surface area contributed by atoms with Gasteiger partial charge < -0.3 is 15.2 Å². The summed E-state index contributed by atoms with van der Waals surface area (Å²) >= 11 is 0. The van der Waals surface area contributed by atoms with Gasteiger partial charge in [-0.15, -0.1) is 0 Å². The first kappa shape index (κ1) is 13.4. The molecule has 1 aromatic carbocycles. The normalized spacial score (nSPS) is 19.4. The largest absolute Gasteiger partial charge is 0.496 e. The topological polar surface area (TPSA) is 44.5 Å². The number of rotatable bonds is 4. The highest BCUT2D eigenvalue weighted by Crippen LogP contribution is 2.41. The molecule has 0 saturated carbocycles. The molecule has 1 aliphatic heterocycles. The third-order valence-electron chi connectivity index (χ3n) is 4.02. The Morgan fingerprint density at radius 1 is 1.28 bits per heavy atom. The van der Waals surface area contributed by atoms with Crippen LogP contribution in [0.1, 0.15) is 37.8 Å². The number of ether oxygens (including phenoxy) is 2. The molecule has 0 aromatic heterocycles. The number of methoxy groups -OCH3 is 1. The van der Waals surface area contributed by atoms with E-state index in [4.69, 9.17) is 15.2 Å². The van der Waals surface area contributed by atoms with Crippen LogP contribution in [0.3, 0.4) is 0 Å². The van der Waals surface area contributed by atoms with Crippen molar-refractivity contribution in [3.63, 3.8) is 0 Å². The van der Waals surface area contributed by atoms with Crippen LogP contribution in [-0.4, -0.2) is 26.4 Å². The van der Waals surface area contributed by atoms with Gasteiger partial charge in [0.2, 0.25) is 0 Å². The number of hydrogen-bond donors (Lipinski definition) is 1. The highest BCUT2D eigenvalue weighted by molar-refractivity contribution is 5.45. The summed E-state index contributed by atoms with van der Waals surface area (Å²) in [6.07, 6.45) is 0. The van der Waals surface area contributed by atoms with Gasteiger partial charge in [0.1, 0.15) is 5.75 Å². The van der Waals surface area contributed by atoms with Crippen LogP contribution < -0.4 is 10.5 Å². The molecule has 2 rings (SSSR count). The van der Waals surface area contributed by atoms with Crippen molar-refractivity contribution >= 4 is 0 Å². The van der Waals surface area contributed by atoms with Crippen molar-refractivity contribution in [2.45, 2.75) is 38.1 Å². The Bertz CT molecular complexity index is 423. The molecule has 1 fully saturated rings. The predicted molar refractivity (Wildman–Crippen MR) is 73.2 cm³/mol. The fraction of sp³-hybridized carbons (Fsp3) is 0.600. The lowest BCUT2D eigenvalue weighted by Crippen LogP contribution is -2.57. The summed E-state index contributed by atoms with van der Waals surface area (Å²) in [5.41, 5.74) is 8.53. The van der Waals surface area contributed by atoms with Crippen LogP contribution in [0.5, 0.6) is 5.75 Å². The molecule has 0 amide bonds. The Kier molecular flexibility index (Phi) is 3.64. The molecule has 0 spiro atoms. The number of hydrogen-bond acceptors (Lipinski definition) is 3. The van der Waals surface area contributed by atoms with Gasteiger partial charge in [0.15, 0.2) is 0 Å². The summed E-state index contributed by atoms with van der Waals surface area (Å²) in [6.45, 7) is 7.77. The van der Waals surface area contributed by atoms with Crippen molar-refractivity contribution in [2.75, 3.05) is 20.3 Å². The van der Waals surface area contributed by atoms with E-state index in [9.17, 15) is 0 Å². The highest BCUT2D eigenvalue weighted by Gasteiger charge is 2.45. The lowest BCUT2D eigenvalue weighted by molar-refractivity contribution is -0.0710. The van der Waals surface area contributed by atoms with Gasteiger partial charge in [0.25, 0.3) is 0 Å². The minimum atomic E-state index is -0.0825. The van der Waals surface area contributed by atoms with Crippen molar-refractivity contribution in [3.05, 3.63) is 29.3 Å². The van der Waals surface area contributed by atoms with Gasteiger partial charge >= 0.3 is 0 Å². The minimum absolute atomic E-state index is 0.0602. The smallest absolute Gasteiger partial charge is 0.123 e. The maximum atomic E-state index is 6.15. The summed E-state index contributed by atoms with van der Waals surface area (Å²) in [5, 5.41) is 0. The van der Waals surface area contributed by atoms with Crippen LogP contribution in [0.4, 0.5) is 0 Å².